The second-order valence-corrected chi connectivity index (χ2v) is 7.72. The van der Waals surface area contributed by atoms with Gasteiger partial charge in [-0.3, -0.25) is 14.6 Å². The molecule has 0 bridgehead atoms. The Morgan fingerprint density at radius 3 is 2.80 bits per heavy atom. The Hall–Kier alpha value is -3.45. The number of amides is 1. The lowest BCUT2D eigenvalue weighted by Crippen LogP contribution is -2.30. The quantitative estimate of drug-likeness (QED) is 0.576. The van der Waals surface area contributed by atoms with E-state index in [1.807, 2.05) is 31.2 Å². The highest BCUT2D eigenvalue weighted by Gasteiger charge is 2.44. The number of aliphatic hydroxyl groups is 1. The summed E-state index contributed by atoms with van der Waals surface area (Å²) in [6.07, 6.45) is 3.32. The van der Waals surface area contributed by atoms with Gasteiger partial charge in [0.2, 0.25) is 5.78 Å². The Bertz CT molecular complexity index is 1090. The smallest absolute Gasteiger partial charge is 0.290 e. The standard InChI is InChI=1S/C23H20N2O4S/c1-2-29-17-8-3-7-16(12-17)20-19(21(26)18-9-5-11-30-18)22(27)23(28)25(20)14-15-6-4-10-24-13-15/h3-13,20,27H,2,14H2,1H3/t20-/m1/s1. The molecule has 1 amide bonds. The molecule has 0 saturated heterocycles. The summed E-state index contributed by atoms with van der Waals surface area (Å²) in [7, 11) is 0. The van der Waals surface area contributed by atoms with Gasteiger partial charge in [0.25, 0.3) is 5.91 Å². The lowest BCUT2D eigenvalue weighted by Gasteiger charge is -2.27. The number of ketones is 1. The molecule has 1 atom stereocenters. The van der Waals surface area contributed by atoms with Gasteiger partial charge in [-0.05, 0) is 47.7 Å². The third kappa shape index (κ3) is 3.71. The van der Waals surface area contributed by atoms with E-state index in [1.165, 1.54) is 16.2 Å². The van der Waals surface area contributed by atoms with Gasteiger partial charge < -0.3 is 14.7 Å². The van der Waals surface area contributed by atoms with Crippen LogP contribution in [0.3, 0.4) is 0 Å². The molecule has 7 heteroatoms. The summed E-state index contributed by atoms with van der Waals surface area (Å²) in [5, 5.41) is 12.5. The van der Waals surface area contributed by atoms with Crippen molar-refractivity contribution in [3.8, 4) is 5.75 Å². The second-order valence-electron chi connectivity index (χ2n) is 6.77. The number of hydrogen-bond donors (Lipinski definition) is 1. The van der Waals surface area contributed by atoms with Gasteiger partial charge in [-0.15, -0.1) is 11.3 Å². The molecule has 0 saturated carbocycles. The summed E-state index contributed by atoms with van der Waals surface area (Å²) in [6.45, 7) is 2.59. The van der Waals surface area contributed by atoms with Crippen molar-refractivity contribution in [2.45, 2.75) is 19.5 Å². The van der Waals surface area contributed by atoms with E-state index in [9.17, 15) is 14.7 Å². The number of benzene rings is 1. The van der Waals surface area contributed by atoms with Crippen molar-refractivity contribution in [3.05, 3.63) is 93.6 Å². The molecule has 0 fully saturated rings. The molecule has 3 aromatic rings. The molecular weight excluding hydrogens is 400 g/mol. The minimum absolute atomic E-state index is 0.0833. The van der Waals surface area contributed by atoms with Crippen LogP contribution in [0.15, 0.2) is 77.6 Å². The SMILES string of the molecule is CCOc1cccc([C@@H]2C(C(=O)c3cccs3)=C(O)C(=O)N2Cc2cccnc2)c1. The van der Waals surface area contributed by atoms with Gasteiger partial charge in [0.05, 0.1) is 23.1 Å². The molecule has 0 spiro atoms. The molecule has 1 aliphatic heterocycles. The van der Waals surface area contributed by atoms with E-state index in [1.54, 1.807) is 42.0 Å². The van der Waals surface area contributed by atoms with Crippen molar-refractivity contribution >= 4 is 23.0 Å². The van der Waals surface area contributed by atoms with Crippen molar-refractivity contribution < 1.29 is 19.4 Å². The number of carbonyl (C=O) groups is 2. The van der Waals surface area contributed by atoms with Gasteiger partial charge in [0.15, 0.2) is 5.76 Å². The summed E-state index contributed by atoms with van der Waals surface area (Å²) >= 11 is 1.28. The maximum absolute atomic E-state index is 13.2. The van der Waals surface area contributed by atoms with E-state index in [0.717, 1.165) is 5.56 Å². The van der Waals surface area contributed by atoms with E-state index in [2.05, 4.69) is 4.98 Å². The highest BCUT2D eigenvalue weighted by atomic mass is 32.1. The van der Waals surface area contributed by atoms with Crippen molar-refractivity contribution in [2.24, 2.45) is 0 Å². The van der Waals surface area contributed by atoms with Crippen molar-refractivity contribution in [3.63, 3.8) is 0 Å². The maximum Gasteiger partial charge on any atom is 0.290 e. The van der Waals surface area contributed by atoms with Gasteiger partial charge in [-0.1, -0.05) is 24.3 Å². The van der Waals surface area contributed by atoms with E-state index >= 15 is 0 Å². The van der Waals surface area contributed by atoms with Crippen LogP contribution in [0, 0.1) is 0 Å². The Labute approximate surface area is 178 Å². The summed E-state index contributed by atoms with van der Waals surface area (Å²) in [5.74, 6) is -0.802. The zero-order valence-corrected chi connectivity index (χ0v) is 17.1. The van der Waals surface area contributed by atoms with Crippen LogP contribution in [0.5, 0.6) is 5.75 Å². The number of Topliss-reactive ketones (excluding diaryl/α,β-unsaturated/α-hetero) is 1. The molecular formula is C23H20N2O4S. The predicted molar refractivity (Wildman–Crippen MR) is 113 cm³/mol. The van der Waals surface area contributed by atoms with E-state index in [0.29, 0.717) is 22.8 Å². The Morgan fingerprint density at radius 2 is 2.10 bits per heavy atom. The first-order chi connectivity index (χ1) is 14.6. The summed E-state index contributed by atoms with van der Waals surface area (Å²) in [4.78, 5) is 32.3. The van der Waals surface area contributed by atoms with Gasteiger partial charge in [0, 0.05) is 18.9 Å². The molecule has 0 unspecified atom stereocenters. The average molecular weight is 420 g/mol. The van der Waals surface area contributed by atoms with Gasteiger partial charge >= 0.3 is 0 Å². The number of ether oxygens (including phenoxy) is 1. The predicted octanol–water partition coefficient (Wildman–Crippen LogP) is 4.32. The fourth-order valence-electron chi connectivity index (χ4n) is 3.57. The molecule has 152 valence electrons. The molecule has 0 aliphatic carbocycles. The van der Waals surface area contributed by atoms with E-state index in [-0.39, 0.29) is 17.9 Å². The molecule has 4 rings (SSSR count). The number of hydrogen-bond acceptors (Lipinski definition) is 6. The summed E-state index contributed by atoms with van der Waals surface area (Å²) in [6, 6.07) is 13.6. The number of nitrogens with zero attached hydrogens (tertiary/aromatic N) is 2. The Balaban J connectivity index is 1.80. The van der Waals surface area contributed by atoms with Crippen LogP contribution in [-0.2, 0) is 11.3 Å². The zero-order valence-electron chi connectivity index (χ0n) is 16.3. The van der Waals surface area contributed by atoms with Crippen LogP contribution in [0.4, 0.5) is 0 Å². The third-order valence-corrected chi connectivity index (χ3v) is 5.72. The number of aliphatic hydroxyl groups excluding tert-OH is 1. The number of carbonyl (C=O) groups excluding carboxylic acids is 2. The van der Waals surface area contributed by atoms with E-state index in [4.69, 9.17) is 4.74 Å². The number of thiophene rings is 1. The zero-order chi connectivity index (χ0) is 21.1. The highest BCUT2D eigenvalue weighted by molar-refractivity contribution is 7.12. The lowest BCUT2D eigenvalue weighted by molar-refractivity contribution is -0.130. The minimum Gasteiger partial charge on any atom is -0.503 e. The Morgan fingerprint density at radius 1 is 1.23 bits per heavy atom. The van der Waals surface area contributed by atoms with E-state index < -0.39 is 17.7 Å². The Kier molecular flexibility index (Phi) is 5.63. The fraction of sp³-hybridized carbons (Fsp3) is 0.174. The van der Waals surface area contributed by atoms with Crippen molar-refractivity contribution in [2.75, 3.05) is 6.61 Å². The normalized spacial score (nSPS) is 16.2. The van der Waals surface area contributed by atoms with Crippen LogP contribution in [0.1, 0.15) is 33.8 Å². The topological polar surface area (TPSA) is 79.7 Å². The first kappa shape index (κ1) is 19.8. The number of aromatic nitrogens is 1. The molecule has 0 radical (unpaired) electrons. The van der Waals surface area contributed by atoms with Crippen LogP contribution in [0.2, 0.25) is 0 Å². The van der Waals surface area contributed by atoms with Crippen LogP contribution >= 0.6 is 11.3 Å². The molecule has 2 aromatic heterocycles. The molecule has 30 heavy (non-hydrogen) atoms. The van der Waals surface area contributed by atoms with Gasteiger partial charge in [-0.2, -0.15) is 0 Å². The number of pyridine rings is 1. The lowest BCUT2D eigenvalue weighted by atomic mass is 9.95. The van der Waals surface area contributed by atoms with Crippen molar-refractivity contribution in [1.82, 2.24) is 9.88 Å². The van der Waals surface area contributed by atoms with Crippen LogP contribution < -0.4 is 4.74 Å². The highest BCUT2D eigenvalue weighted by Crippen LogP contribution is 2.41. The van der Waals surface area contributed by atoms with Crippen LogP contribution in [0.25, 0.3) is 0 Å². The third-order valence-electron chi connectivity index (χ3n) is 4.85. The minimum atomic E-state index is -0.729. The number of rotatable bonds is 7. The van der Waals surface area contributed by atoms with Crippen molar-refractivity contribution in [1.29, 1.82) is 0 Å². The first-order valence-electron chi connectivity index (χ1n) is 9.54. The monoisotopic (exact) mass is 420 g/mol. The summed E-state index contributed by atoms with van der Waals surface area (Å²) in [5.41, 5.74) is 1.58. The molecule has 1 N–H and O–H groups in total. The largest absolute Gasteiger partial charge is 0.503 e. The fourth-order valence-corrected chi connectivity index (χ4v) is 4.24. The molecule has 3 heterocycles. The average Bonchev–Trinajstić information content (AvgIpc) is 3.38. The first-order valence-corrected chi connectivity index (χ1v) is 10.4. The molecule has 1 aliphatic rings. The molecule has 1 aromatic carbocycles. The van der Waals surface area contributed by atoms with Crippen LogP contribution in [-0.4, -0.2) is 33.3 Å². The summed E-state index contributed by atoms with van der Waals surface area (Å²) < 4.78 is 5.61. The van der Waals surface area contributed by atoms with Gasteiger partial charge in [-0.25, -0.2) is 0 Å². The van der Waals surface area contributed by atoms with Gasteiger partial charge in [0.1, 0.15) is 5.75 Å². The molecule has 6 nitrogen and oxygen atoms in total. The second kappa shape index (κ2) is 8.51. The maximum atomic E-state index is 13.2.